The predicted molar refractivity (Wildman–Crippen MR) is 71.8 cm³/mol. The van der Waals surface area contributed by atoms with Crippen LogP contribution < -0.4 is 5.32 Å². The first-order valence-electron chi connectivity index (χ1n) is 6.07. The van der Waals surface area contributed by atoms with Crippen molar-refractivity contribution in [1.29, 1.82) is 0 Å². The second kappa shape index (κ2) is 8.24. The van der Waals surface area contributed by atoms with Gasteiger partial charge in [0.15, 0.2) is 0 Å². The molecule has 0 fully saturated rings. The number of rotatable bonds is 8. The third kappa shape index (κ3) is 5.67. The highest BCUT2D eigenvalue weighted by Gasteiger charge is 2.14. The minimum Gasteiger partial charge on any atom is -0.395 e. The van der Waals surface area contributed by atoms with Crippen molar-refractivity contribution in [2.24, 2.45) is 0 Å². The van der Waals surface area contributed by atoms with Crippen molar-refractivity contribution in [3.05, 3.63) is 22.8 Å². The molecule has 19 heavy (non-hydrogen) atoms. The Morgan fingerprint density at radius 2 is 2.21 bits per heavy atom. The van der Waals surface area contributed by atoms with Crippen LogP contribution in [-0.2, 0) is 6.54 Å². The molecule has 0 spiro atoms. The van der Waals surface area contributed by atoms with Crippen LogP contribution in [0, 0.1) is 0 Å². The van der Waals surface area contributed by atoms with Crippen molar-refractivity contribution < 1.29 is 13.9 Å². The Balaban J connectivity index is 2.78. The van der Waals surface area contributed by atoms with Crippen molar-refractivity contribution in [1.82, 2.24) is 9.88 Å². The highest BCUT2D eigenvalue weighted by molar-refractivity contribution is 6.31. The van der Waals surface area contributed by atoms with E-state index in [1.165, 1.54) is 4.90 Å². The Labute approximate surface area is 116 Å². The average molecular weight is 294 g/mol. The van der Waals surface area contributed by atoms with Crippen LogP contribution in [0.4, 0.5) is 14.6 Å². The Bertz CT molecular complexity index is 393. The van der Waals surface area contributed by atoms with Gasteiger partial charge in [0.25, 0.3) is 6.43 Å². The van der Waals surface area contributed by atoms with Gasteiger partial charge in [-0.2, -0.15) is 0 Å². The molecule has 2 N–H and O–H groups in total. The first-order valence-corrected chi connectivity index (χ1v) is 6.45. The molecule has 1 aromatic rings. The van der Waals surface area contributed by atoms with E-state index >= 15 is 0 Å². The molecule has 1 heterocycles. The predicted octanol–water partition coefficient (Wildman–Crippen LogP) is 2.23. The summed E-state index contributed by atoms with van der Waals surface area (Å²) in [6.07, 6.45) is -2.46. The van der Waals surface area contributed by atoms with Crippen LogP contribution in [0.15, 0.2) is 12.1 Å². The molecule has 0 aliphatic rings. The summed E-state index contributed by atoms with van der Waals surface area (Å²) in [6.45, 7) is 2.40. The number of hydrogen-bond acceptors (Lipinski definition) is 4. The molecule has 0 aliphatic heterocycles. The second-order valence-electron chi connectivity index (χ2n) is 4.01. The molecule has 0 amide bonds. The number of nitrogens with zero attached hydrogens (tertiary/aromatic N) is 2. The fraction of sp³-hybridized carbons (Fsp3) is 0.583. The van der Waals surface area contributed by atoms with Gasteiger partial charge in [-0.3, -0.25) is 4.90 Å². The van der Waals surface area contributed by atoms with E-state index in [9.17, 15) is 8.78 Å². The van der Waals surface area contributed by atoms with E-state index in [-0.39, 0.29) is 19.7 Å². The Morgan fingerprint density at radius 1 is 1.47 bits per heavy atom. The van der Waals surface area contributed by atoms with Crippen molar-refractivity contribution in [2.75, 3.05) is 31.6 Å². The zero-order valence-corrected chi connectivity index (χ0v) is 11.5. The van der Waals surface area contributed by atoms with Crippen LogP contribution in [0.1, 0.15) is 12.6 Å². The molecule has 0 aromatic carbocycles. The average Bonchev–Trinajstić information content (AvgIpc) is 2.33. The van der Waals surface area contributed by atoms with Gasteiger partial charge in [-0.15, -0.1) is 0 Å². The molecule has 0 radical (unpaired) electrons. The van der Waals surface area contributed by atoms with Crippen LogP contribution in [0.25, 0.3) is 0 Å². The molecular weight excluding hydrogens is 276 g/mol. The van der Waals surface area contributed by atoms with Crippen LogP contribution in [-0.4, -0.2) is 47.7 Å². The number of alkyl halides is 2. The summed E-state index contributed by atoms with van der Waals surface area (Å²) in [5, 5.41) is 12.3. The summed E-state index contributed by atoms with van der Waals surface area (Å²) in [5.41, 5.74) is 0.522. The standard InChI is InChI=1S/C12H18ClF2N3O/c1-2-16-12-4-3-9(13)10(17-12)7-18(5-6-19)8-11(14)15/h3-4,11,19H,2,5-8H2,1H3,(H,16,17). The van der Waals surface area contributed by atoms with E-state index in [0.29, 0.717) is 23.1 Å². The summed E-state index contributed by atoms with van der Waals surface area (Å²) in [6, 6.07) is 3.42. The van der Waals surface area contributed by atoms with Crippen molar-refractivity contribution in [3.8, 4) is 0 Å². The number of aliphatic hydroxyl groups excluding tert-OH is 1. The van der Waals surface area contributed by atoms with Gasteiger partial charge in [-0.05, 0) is 19.1 Å². The van der Waals surface area contributed by atoms with Crippen LogP contribution >= 0.6 is 11.6 Å². The van der Waals surface area contributed by atoms with Crippen LogP contribution in [0.3, 0.4) is 0 Å². The number of halogens is 3. The van der Waals surface area contributed by atoms with Gasteiger partial charge in [-0.25, -0.2) is 13.8 Å². The number of anilines is 1. The van der Waals surface area contributed by atoms with Gasteiger partial charge < -0.3 is 10.4 Å². The van der Waals surface area contributed by atoms with Crippen LogP contribution in [0.2, 0.25) is 5.02 Å². The molecule has 4 nitrogen and oxygen atoms in total. The summed E-state index contributed by atoms with van der Waals surface area (Å²) in [5.74, 6) is 0.655. The van der Waals surface area contributed by atoms with Gasteiger partial charge in [0, 0.05) is 19.6 Å². The molecule has 7 heteroatoms. The van der Waals surface area contributed by atoms with Gasteiger partial charge in [0.2, 0.25) is 0 Å². The normalized spacial score (nSPS) is 11.3. The summed E-state index contributed by atoms with van der Waals surface area (Å²) in [7, 11) is 0. The molecule has 1 rings (SSSR count). The summed E-state index contributed by atoms with van der Waals surface area (Å²) >= 11 is 6.01. The Kier molecular flexibility index (Phi) is 6.97. The third-order valence-corrected chi connectivity index (χ3v) is 2.81. The topological polar surface area (TPSA) is 48.4 Å². The molecule has 0 atom stereocenters. The summed E-state index contributed by atoms with van der Waals surface area (Å²) in [4.78, 5) is 5.71. The van der Waals surface area contributed by atoms with E-state index in [2.05, 4.69) is 10.3 Å². The lowest BCUT2D eigenvalue weighted by atomic mass is 10.3. The van der Waals surface area contributed by atoms with Gasteiger partial charge >= 0.3 is 0 Å². The number of hydrogen-bond donors (Lipinski definition) is 2. The van der Waals surface area contributed by atoms with Crippen molar-refractivity contribution in [2.45, 2.75) is 19.9 Å². The fourth-order valence-corrected chi connectivity index (χ4v) is 1.82. The summed E-state index contributed by atoms with van der Waals surface area (Å²) < 4.78 is 24.8. The molecule has 1 aromatic heterocycles. The van der Waals surface area contributed by atoms with Crippen molar-refractivity contribution >= 4 is 17.4 Å². The molecule has 0 aliphatic carbocycles. The highest BCUT2D eigenvalue weighted by Crippen LogP contribution is 2.18. The highest BCUT2D eigenvalue weighted by atomic mass is 35.5. The van der Waals surface area contributed by atoms with E-state index < -0.39 is 13.0 Å². The fourth-order valence-electron chi connectivity index (χ4n) is 1.66. The minimum atomic E-state index is -2.46. The largest absolute Gasteiger partial charge is 0.395 e. The SMILES string of the molecule is CCNc1ccc(Cl)c(CN(CCO)CC(F)F)n1. The smallest absolute Gasteiger partial charge is 0.251 e. The molecular formula is C12H18ClF2N3O. The first kappa shape index (κ1) is 16.1. The van der Waals surface area contributed by atoms with Gasteiger partial charge in [-0.1, -0.05) is 11.6 Å². The lowest BCUT2D eigenvalue weighted by Crippen LogP contribution is -2.31. The molecule has 0 saturated carbocycles. The number of pyridine rings is 1. The third-order valence-electron chi connectivity index (χ3n) is 2.46. The maximum atomic E-state index is 12.4. The molecule has 0 unspecified atom stereocenters. The zero-order valence-electron chi connectivity index (χ0n) is 10.7. The molecule has 108 valence electrons. The number of nitrogens with one attached hydrogen (secondary N) is 1. The number of aromatic nitrogens is 1. The minimum absolute atomic E-state index is 0.160. The number of aliphatic hydroxyl groups is 1. The van der Waals surface area contributed by atoms with Gasteiger partial charge in [0.05, 0.1) is 23.9 Å². The monoisotopic (exact) mass is 293 g/mol. The Hall–Kier alpha value is -0.980. The lowest BCUT2D eigenvalue weighted by molar-refractivity contribution is 0.0741. The second-order valence-corrected chi connectivity index (χ2v) is 4.41. The molecule has 0 bridgehead atoms. The van der Waals surface area contributed by atoms with E-state index in [0.717, 1.165) is 0 Å². The lowest BCUT2D eigenvalue weighted by Gasteiger charge is -2.21. The van der Waals surface area contributed by atoms with Gasteiger partial charge in [0.1, 0.15) is 5.82 Å². The quantitative estimate of drug-likeness (QED) is 0.772. The maximum Gasteiger partial charge on any atom is 0.251 e. The van der Waals surface area contributed by atoms with E-state index in [1.54, 1.807) is 12.1 Å². The van der Waals surface area contributed by atoms with Crippen LogP contribution in [0.5, 0.6) is 0 Å². The van der Waals surface area contributed by atoms with E-state index in [4.69, 9.17) is 16.7 Å². The zero-order chi connectivity index (χ0) is 14.3. The Morgan fingerprint density at radius 3 is 2.79 bits per heavy atom. The maximum absolute atomic E-state index is 12.4. The first-order chi connectivity index (χ1) is 9.06. The molecule has 0 saturated heterocycles. The van der Waals surface area contributed by atoms with E-state index in [1.807, 2.05) is 6.92 Å². The van der Waals surface area contributed by atoms with Crippen molar-refractivity contribution in [3.63, 3.8) is 0 Å².